The van der Waals surface area contributed by atoms with Crippen LogP contribution in [-0.2, 0) is 16.0 Å². The van der Waals surface area contributed by atoms with Crippen molar-refractivity contribution < 1.29 is 14.3 Å². The lowest BCUT2D eigenvalue weighted by atomic mass is 10.1. The molecule has 2 rings (SSSR count). The van der Waals surface area contributed by atoms with E-state index >= 15 is 0 Å². The van der Waals surface area contributed by atoms with Crippen LogP contribution in [0.15, 0.2) is 42.9 Å². The van der Waals surface area contributed by atoms with E-state index < -0.39 is 18.0 Å². The standard InChI is InChI=1S/C16H17N3O3/c1-3-12-4-6-13(7-5-12)19-15(20)11(2)22-16(21)14-10-17-8-9-18-14/h4-11H,3H2,1-2H3,(H,19,20)/t11-/m0/s1. The number of aryl methyl sites for hydroxylation is 1. The van der Waals surface area contributed by atoms with Crippen molar-refractivity contribution in [1.29, 1.82) is 0 Å². The van der Waals surface area contributed by atoms with Crippen LogP contribution in [0.2, 0.25) is 0 Å². The minimum absolute atomic E-state index is 0.0643. The molecule has 0 aliphatic heterocycles. The van der Waals surface area contributed by atoms with Crippen molar-refractivity contribution in [1.82, 2.24) is 9.97 Å². The maximum atomic E-state index is 12.0. The van der Waals surface area contributed by atoms with Gasteiger partial charge in [0.25, 0.3) is 5.91 Å². The zero-order valence-electron chi connectivity index (χ0n) is 12.4. The molecule has 6 heteroatoms. The number of amides is 1. The molecule has 22 heavy (non-hydrogen) atoms. The Balaban J connectivity index is 1.92. The molecule has 0 saturated heterocycles. The van der Waals surface area contributed by atoms with Gasteiger partial charge >= 0.3 is 5.97 Å². The molecule has 0 aliphatic rings. The van der Waals surface area contributed by atoms with Gasteiger partial charge < -0.3 is 10.1 Å². The van der Waals surface area contributed by atoms with E-state index in [1.807, 2.05) is 24.3 Å². The van der Waals surface area contributed by atoms with Crippen molar-refractivity contribution in [2.24, 2.45) is 0 Å². The van der Waals surface area contributed by atoms with E-state index in [0.717, 1.165) is 6.42 Å². The van der Waals surface area contributed by atoms with Crippen LogP contribution in [0.5, 0.6) is 0 Å². The zero-order valence-corrected chi connectivity index (χ0v) is 12.4. The molecule has 0 spiro atoms. The van der Waals surface area contributed by atoms with Crippen molar-refractivity contribution >= 4 is 17.6 Å². The Bertz CT molecular complexity index is 641. The van der Waals surface area contributed by atoms with Gasteiger partial charge in [0.1, 0.15) is 0 Å². The van der Waals surface area contributed by atoms with E-state index in [0.29, 0.717) is 5.69 Å². The number of esters is 1. The minimum atomic E-state index is -0.930. The number of benzene rings is 1. The number of hydrogen-bond acceptors (Lipinski definition) is 5. The maximum absolute atomic E-state index is 12.0. The van der Waals surface area contributed by atoms with Crippen molar-refractivity contribution in [2.45, 2.75) is 26.4 Å². The second-order valence-electron chi connectivity index (χ2n) is 4.68. The van der Waals surface area contributed by atoms with E-state index in [2.05, 4.69) is 22.2 Å². The second-order valence-corrected chi connectivity index (χ2v) is 4.68. The van der Waals surface area contributed by atoms with Crippen molar-refractivity contribution in [3.63, 3.8) is 0 Å². The van der Waals surface area contributed by atoms with Gasteiger partial charge in [-0.1, -0.05) is 19.1 Å². The molecule has 1 aromatic heterocycles. The molecule has 0 fully saturated rings. The lowest BCUT2D eigenvalue weighted by Gasteiger charge is -2.13. The van der Waals surface area contributed by atoms with Gasteiger partial charge in [0.2, 0.25) is 0 Å². The number of hydrogen-bond donors (Lipinski definition) is 1. The Labute approximate surface area is 128 Å². The summed E-state index contributed by atoms with van der Waals surface area (Å²) in [6.45, 7) is 3.56. The molecule has 1 aromatic carbocycles. The Morgan fingerprint density at radius 2 is 1.95 bits per heavy atom. The van der Waals surface area contributed by atoms with Crippen LogP contribution in [0.25, 0.3) is 0 Å². The second kappa shape index (κ2) is 7.31. The third-order valence-electron chi connectivity index (χ3n) is 3.06. The van der Waals surface area contributed by atoms with Crippen molar-refractivity contribution in [3.05, 3.63) is 54.1 Å². The van der Waals surface area contributed by atoms with Crippen LogP contribution in [-0.4, -0.2) is 27.9 Å². The smallest absolute Gasteiger partial charge is 0.359 e. The Morgan fingerprint density at radius 1 is 1.23 bits per heavy atom. The van der Waals surface area contributed by atoms with Crippen molar-refractivity contribution in [2.75, 3.05) is 5.32 Å². The highest BCUT2D eigenvalue weighted by molar-refractivity contribution is 5.96. The van der Waals surface area contributed by atoms with E-state index in [-0.39, 0.29) is 5.69 Å². The maximum Gasteiger partial charge on any atom is 0.359 e. The summed E-state index contributed by atoms with van der Waals surface area (Å²) in [5.41, 5.74) is 1.90. The summed E-state index contributed by atoms with van der Waals surface area (Å²) in [6, 6.07) is 7.50. The number of nitrogens with one attached hydrogen (secondary N) is 1. The van der Waals surface area contributed by atoms with Crippen LogP contribution >= 0.6 is 0 Å². The summed E-state index contributed by atoms with van der Waals surface area (Å²) >= 11 is 0. The van der Waals surface area contributed by atoms with E-state index in [4.69, 9.17) is 4.74 Å². The normalized spacial score (nSPS) is 11.5. The predicted octanol–water partition coefficient (Wildman–Crippen LogP) is 2.22. The van der Waals surface area contributed by atoms with Crippen LogP contribution < -0.4 is 5.32 Å². The SMILES string of the molecule is CCc1ccc(NC(=O)[C@H](C)OC(=O)c2cnccn2)cc1. The van der Waals surface area contributed by atoms with Gasteiger partial charge in [0, 0.05) is 18.1 Å². The molecular formula is C16H17N3O3. The van der Waals surface area contributed by atoms with Crippen LogP contribution in [0.1, 0.15) is 29.9 Å². The van der Waals surface area contributed by atoms with E-state index in [1.54, 1.807) is 0 Å². The molecule has 0 saturated carbocycles. The summed E-state index contributed by atoms with van der Waals surface area (Å²) in [5, 5.41) is 2.70. The molecule has 0 aliphatic carbocycles. The summed E-state index contributed by atoms with van der Waals surface area (Å²) in [5.74, 6) is -1.08. The van der Waals surface area contributed by atoms with Gasteiger partial charge in [-0.05, 0) is 31.0 Å². The molecule has 0 unspecified atom stereocenters. The summed E-state index contributed by atoms with van der Waals surface area (Å²) in [4.78, 5) is 31.4. The lowest BCUT2D eigenvalue weighted by Crippen LogP contribution is -2.30. The largest absolute Gasteiger partial charge is 0.448 e. The molecule has 0 radical (unpaired) electrons. The van der Waals surface area contributed by atoms with Gasteiger partial charge in [0.15, 0.2) is 11.8 Å². The molecule has 1 amide bonds. The number of ether oxygens (including phenoxy) is 1. The fraction of sp³-hybridized carbons (Fsp3) is 0.250. The monoisotopic (exact) mass is 299 g/mol. The Kier molecular flexibility index (Phi) is 5.19. The van der Waals surface area contributed by atoms with Crippen LogP contribution in [0.3, 0.4) is 0 Å². The molecule has 6 nitrogen and oxygen atoms in total. The quantitative estimate of drug-likeness (QED) is 0.856. The van der Waals surface area contributed by atoms with Gasteiger partial charge in [-0.3, -0.25) is 9.78 Å². The first-order chi connectivity index (χ1) is 10.6. The Hall–Kier alpha value is -2.76. The average Bonchev–Trinajstić information content (AvgIpc) is 2.56. The van der Waals surface area contributed by atoms with Crippen LogP contribution in [0, 0.1) is 0 Å². The zero-order chi connectivity index (χ0) is 15.9. The summed E-state index contributed by atoms with van der Waals surface area (Å²) in [7, 11) is 0. The highest BCUT2D eigenvalue weighted by Crippen LogP contribution is 2.11. The third-order valence-corrected chi connectivity index (χ3v) is 3.06. The number of anilines is 1. The molecule has 1 atom stereocenters. The lowest BCUT2D eigenvalue weighted by molar-refractivity contribution is -0.123. The van der Waals surface area contributed by atoms with Gasteiger partial charge in [-0.25, -0.2) is 9.78 Å². The average molecular weight is 299 g/mol. The van der Waals surface area contributed by atoms with E-state index in [1.165, 1.54) is 31.1 Å². The first-order valence-corrected chi connectivity index (χ1v) is 6.97. The molecule has 1 heterocycles. The molecule has 114 valence electrons. The van der Waals surface area contributed by atoms with Gasteiger partial charge in [-0.2, -0.15) is 0 Å². The molecule has 0 bridgehead atoms. The summed E-state index contributed by atoms with van der Waals surface area (Å²) in [6.07, 6.45) is 4.13. The number of aromatic nitrogens is 2. The molecule has 2 aromatic rings. The highest BCUT2D eigenvalue weighted by atomic mass is 16.5. The molecular weight excluding hydrogens is 282 g/mol. The van der Waals surface area contributed by atoms with Gasteiger partial charge in [0.05, 0.1) is 6.20 Å². The third kappa shape index (κ3) is 4.12. The number of nitrogens with zero attached hydrogens (tertiary/aromatic N) is 2. The van der Waals surface area contributed by atoms with E-state index in [9.17, 15) is 9.59 Å². The number of carbonyl (C=O) groups excluding carboxylic acids is 2. The topological polar surface area (TPSA) is 81.2 Å². The predicted molar refractivity (Wildman–Crippen MR) is 81.4 cm³/mol. The fourth-order valence-electron chi connectivity index (χ4n) is 1.75. The van der Waals surface area contributed by atoms with Crippen LogP contribution in [0.4, 0.5) is 5.69 Å². The fourth-order valence-corrected chi connectivity index (χ4v) is 1.75. The minimum Gasteiger partial charge on any atom is -0.448 e. The first-order valence-electron chi connectivity index (χ1n) is 6.97. The van der Waals surface area contributed by atoms with Gasteiger partial charge in [-0.15, -0.1) is 0 Å². The number of rotatable bonds is 5. The first kappa shape index (κ1) is 15.6. The molecule has 1 N–H and O–H groups in total. The van der Waals surface area contributed by atoms with Crippen molar-refractivity contribution in [3.8, 4) is 0 Å². The Morgan fingerprint density at radius 3 is 2.55 bits per heavy atom. The summed E-state index contributed by atoms with van der Waals surface area (Å²) < 4.78 is 5.06. The number of carbonyl (C=O) groups is 2. The highest BCUT2D eigenvalue weighted by Gasteiger charge is 2.19.